The van der Waals surface area contributed by atoms with Gasteiger partial charge in [-0.25, -0.2) is 4.98 Å². The van der Waals surface area contributed by atoms with Crippen LogP contribution < -0.4 is 5.32 Å². The highest BCUT2D eigenvalue weighted by atomic mass is 32.2. The fourth-order valence-electron chi connectivity index (χ4n) is 1.46. The van der Waals surface area contributed by atoms with Crippen molar-refractivity contribution in [3.05, 3.63) is 30.9 Å². The lowest BCUT2D eigenvalue weighted by molar-refractivity contribution is 0.556. The van der Waals surface area contributed by atoms with Gasteiger partial charge in [-0.3, -0.25) is 0 Å². The molecule has 0 aliphatic heterocycles. The maximum absolute atomic E-state index is 4.18. The Morgan fingerprint density at radius 2 is 2.44 bits per heavy atom. The number of nitrogens with zero attached hydrogens (tertiary/aromatic N) is 2. The lowest BCUT2D eigenvalue weighted by atomic mass is 10.3. The minimum absolute atomic E-state index is 0.481. The summed E-state index contributed by atoms with van der Waals surface area (Å²) in [6.45, 7) is 9.97. The molecule has 1 aromatic heterocycles. The van der Waals surface area contributed by atoms with Crippen LogP contribution in [0.15, 0.2) is 25.2 Å². The van der Waals surface area contributed by atoms with Gasteiger partial charge in [-0.15, -0.1) is 6.58 Å². The largest absolute Gasteiger partial charge is 0.331 e. The number of nitrogens with one attached hydrogen (secondary N) is 1. The van der Waals surface area contributed by atoms with E-state index in [1.807, 2.05) is 30.4 Å². The van der Waals surface area contributed by atoms with E-state index in [9.17, 15) is 0 Å². The Balaban J connectivity index is 2.21. The van der Waals surface area contributed by atoms with Crippen molar-refractivity contribution in [1.82, 2.24) is 14.9 Å². The first-order valence-electron chi connectivity index (χ1n) is 5.65. The van der Waals surface area contributed by atoms with E-state index in [1.54, 1.807) is 0 Å². The summed E-state index contributed by atoms with van der Waals surface area (Å²) in [5, 5.41) is 3.43. The molecule has 4 heteroatoms. The fraction of sp³-hybridized carbons (Fsp3) is 0.583. The fourth-order valence-corrected chi connectivity index (χ4v) is 2.08. The van der Waals surface area contributed by atoms with Gasteiger partial charge in [-0.05, 0) is 13.8 Å². The van der Waals surface area contributed by atoms with Crippen LogP contribution in [0, 0.1) is 0 Å². The van der Waals surface area contributed by atoms with Crippen LogP contribution in [0.4, 0.5) is 0 Å². The van der Waals surface area contributed by atoms with Crippen LogP contribution in [0.3, 0.4) is 0 Å². The topological polar surface area (TPSA) is 29.9 Å². The Hall–Kier alpha value is -0.740. The minimum Gasteiger partial charge on any atom is -0.331 e. The van der Waals surface area contributed by atoms with E-state index in [1.165, 1.54) is 5.69 Å². The molecule has 0 bridgehead atoms. The van der Waals surface area contributed by atoms with Crippen LogP contribution in [-0.2, 0) is 6.54 Å². The highest BCUT2D eigenvalue weighted by Gasteiger charge is 2.03. The van der Waals surface area contributed by atoms with Crippen molar-refractivity contribution in [2.75, 3.05) is 18.1 Å². The Bertz CT molecular complexity index is 307. The molecular weight excluding hydrogens is 218 g/mol. The van der Waals surface area contributed by atoms with Crippen molar-refractivity contribution in [1.29, 1.82) is 0 Å². The predicted molar refractivity (Wildman–Crippen MR) is 71.8 cm³/mol. The Morgan fingerprint density at radius 3 is 3.12 bits per heavy atom. The van der Waals surface area contributed by atoms with Gasteiger partial charge in [-0.1, -0.05) is 6.08 Å². The van der Waals surface area contributed by atoms with E-state index in [-0.39, 0.29) is 0 Å². The summed E-state index contributed by atoms with van der Waals surface area (Å²) < 4.78 is 2.20. The smallest absolute Gasteiger partial charge is 0.0951 e. The molecule has 90 valence electrons. The SMILES string of the molecule is C=CCSCCNCc1cncn1C(C)C. The van der Waals surface area contributed by atoms with Gasteiger partial charge in [0.15, 0.2) is 0 Å². The standard InChI is InChI=1S/C12H21N3S/c1-4-6-16-7-5-13-8-12-9-14-10-15(12)11(2)3/h4,9-11,13H,1,5-8H2,2-3H3. The first kappa shape index (κ1) is 13.3. The molecule has 1 rings (SSSR count). The van der Waals surface area contributed by atoms with Crippen molar-refractivity contribution in [2.45, 2.75) is 26.4 Å². The molecule has 0 saturated carbocycles. The molecule has 0 aliphatic rings. The van der Waals surface area contributed by atoms with E-state index in [4.69, 9.17) is 0 Å². The third-order valence-corrected chi connectivity index (χ3v) is 3.23. The minimum atomic E-state index is 0.481. The summed E-state index contributed by atoms with van der Waals surface area (Å²) in [5.74, 6) is 2.16. The van der Waals surface area contributed by atoms with Gasteiger partial charge >= 0.3 is 0 Å². The van der Waals surface area contributed by atoms with Gasteiger partial charge in [0.1, 0.15) is 0 Å². The zero-order valence-electron chi connectivity index (χ0n) is 10.1. The maximum Gasteiger partial charge on any atom is 0.0951 e. The summed E-state index contributed by atoms with van der Waals surface area (Å²) in [6.07, 6.45) is 5.77. The van der Waals surface area contributed by atoms with Crippen molar-refractivity contribution in [3.8, 4) is 0 Å². The molecule has 0 amide bonds. The average Bonchev–Trinajstić information content (AvgIpc) is 2.71. The molecule has 0 fully saturated rings. The molecular formula is C12H21N3S. The van der Waals surface area contributed by atoms with Gasteiger partial charge < -0.3 is 9.88 Å². The van der Waals surface area contributed by atoms with Gasteiger partial charge in [0.25, 0.3) is 0 Å². The highest BCUT2D eigenvalue weighted by molar-refractivity contribution is 7.99. The van der Waals surface area contributed by atoms with E-state index in [2.05, 4.69) is 35.3 Å². The van der Waals surface area contributed by atoms with E-state index in [0.717, 1.165) is 24.6 Å². The van der Waals surface area contributed by atoms with Gasteiger partial charge in [0, 0.05) is 36.8 Å². The summed E-state index contributed by atoms with van der Waals surface area (Å²) in [7, 11) is 0. The number of hydrogen-bond acceptors (Lipinski definition) is 3. The zero-order valence-corrected chi connectivity index (χ0v) is 11.0. The van der Waals surface area contributed by atoms with E-state index >= 15 is 0 Å². The number of imidazole rings is 1. The monoisotopic (exact) mass is 239 g/mol. The van der Waals surface area contributed by atoms with Gasteiger partial charge in [0.2, 0.25) is 0 Å². The van der Waals surface area contributed by atoms with Crippen LogP contribution in [0.25, 0.3) is 0 Å². The van der Waals surface area contributed by atoms with Crippen LogP contribution in [0.1, 0.15) is 25.6 Å². The molecule has 0 spiro atoms. The summed E-state index contributed by atoms with van der Waals surface area (Å²) in [5.41, 5.74) is 1.25. The number of hydrogen-bond donors (Lipinski definition) is 1. The molecule has 0 unspecified atom stereocenters. The maximum atomic E-state index is 4.18. The Labute approximate surface area is 102 Å². The second-order valence-corrected chi connectivity index (χ2v) is 5.08. The summed E-state index contributed by atoms with van der Waals surface area (Å²) in [6, 6.07) is 0.481. The zero-order chi connectivity index (χ0) is 11.8. The van der Waals surface area contributed by atoms with Gasteiger partial charge in [0.05, 0.1) is 12.0 Å². The molecule has 1 N–H and O–H groups in total. The number of aromatic nitrogens is 2. The van der Waals surface area contributed by atoms with Crippen LogP contribution in [0.5, 0.6) is 0 Å². The van der Waals surface area contributed by atoms with Crippen LogP contribution >= 0.6 is 11.8 Å². The Morgan fingerprint density at radius 1 is 1.62 bits per heavy atom. The Kier molecular flexibility index (Phi) is 6.26. The van der Waals surface area contributed by atoms with Crippen molar-refractivity contribution in [3.63, 3.8) is 0 Å². The highest BCUT2D eigenvalue weighted by Crippen LogP contribution is 2.08. The van der Waals surface area contributed by atoms with E-state index in [0.29, 0.717) is 6.04 Å². The quantitative estimate of drug-likeness (QED) is 0.558. The first-order chi connectivity index (χ1) is 7.75. The van der Waals surface area contributed by atoms with Crippen molar-refractivity contribution >= 4 is 11.8 Å². The van der Waals surface area contributed by atoms with E-state index < -0.39 is 0 Å². The van der Waals surface area contributed by atoms with Crippen molar-refractivity contribution < 1.29 is 0 Å². The number of rotatable bonds is 8. The molecule has 1 aromatic rings. The second kappa shape index (κ2) is 7.52. The third kappa shape index (κ3) is 4.41. The molecule has 0 radical (unpaired) electrons. The first-order valence-corrected chi connectivity index (χ1v) is 6.81. The lowest BCUT2D eigenvalue weighted by Gasteiger charge is -2.12. The molecule has 0 aromatic carbocycles. The average molecular weight is 239 g/mol. The summed E-state index contributed by atoms with van der Waals surface area (Å²) >= 11 is 1.90. The third-order valence-electron chi connectivity index (χ3n) is 2.27. The molecule has 1 heterocycles. The summed E-state index contributed by atoms with van der Waals surface area (Å²) in [4.78, 5) is 4.18. The molecule has 0 saturated heterocycles. The molecule has 3 nitrogen and oxygen atoms in total. The van der Waals surface area contributed by atoms with Crippen molar-refractivity contribution in [2.24, 2.45) is 0 Å². The molecule has 0 atom stereocenters. The molecule has 16 heavy (non-hydrogen) atoms. The van der Waals surface area contributed by atoms with Crippen LogP contribution in [-0.4, -0.2) is 27.6 Å². The number of thioether (sulfide) groups is 1. The van der Waals surface area contributed by atoms with Crippen LogP contribution in [0.2, 0.25) is 0 Å². The predicted octanol–water partition coefficient (Wildman–Crippen LogP) is 2.47. The van der Waals surface area contributed by atoms with Gasteiger partial charge in [-0.2, -0.15) is 11.8 Å². The normalized spacial score (nSPS) is 10.9. The molecule has 0 aliphatic carbocycles. The lowest BCUT2D eigenvalue weighted by Crippen LogP contribution is -2.19. The second-order valence-electron chi connectivity index (χ2n) is 3.93.